The standard InChI is InChI=1S/C17H17N5O3/c1-24-14-5-3-4-12(16(14)25-2)11-22-15(6-7-20-22)21-17(23)13-10-18-8-9-19-13/h3-10H,11H2,1-2H3,(H,21,23). The zero-order chi connectivity index (χ0) is 17.6. The lowest BCUT2D eigenvalue weighted by atomic mass is 10.2. The fraction of sp³-hybridized carbons (Fsp3) is 0.176. The quantitative estimate of drug-likeness (QED) is 0.738. The minimum absolute atomic E-state index is 0.231. The average Bonchev–Trinajstić information content (AvgIpc) is 3.08. The molecule has 0 saturated carbocycles. The monoisotopic (exact) mass is 339 g/mol. The zero-order valence-corrected chi connectivity index (χ0v) is 13.8. The molecule has 2 heterocycles. The molecule has 1 N–H and O–H groups in total. The molecule has 2 aromatic heterocycles. The van der Waals surface area contributed by atoms with E-state index in [0.717, 1.165) is 5.56 Å². The molecule has 0 saturated heterocycles. The van der Waals surface area contributed by atoms with Crippen LogP contribution in [0.4, 0.5) is 5.82 Å². The number of anilines is 1. The maximum absolute atomic E-state index is 12.2. The van der Waals surface area contributed by atoms with Crippen LogP contribution in [0.25, 0.3) is 0 Å². The van der Waals surface area contributed by atoms with Crippen molar-refractivity contribution in [3.05, 3.63) is 60.3 Å². The highest BCUT2D eigenvalue weighted by molar-refractivity contribution is 6.02. The Balaban J connectivity index is 1.82. The largest absolute Gasteiger partial charge is 0.493 e. The Morgan fingerprint density at radius 1 is 1.16 bits per heavy atom. The number of carbonyl (C=O) groups is 1. The van der Waals surface area contributed by atoms with Gasteiger partial charge in [-0.05, 0) is 6.07 Å². The van der Waals surface area contributed by atoms with Crippen LogP contribution >= 0.6 is 0 Å². The maximum Gasteiger partial charge on any atom is 0.277 e. The number of aromatic nitrogens is 4. The van der Waals surface area contributed by atoms with Crippen LogP contribution in [0.1, 0.15) is 16.1 Å². The number of carbonyl (C=O) groups excluding carboxylic acids is 1. The van der Waals surface area contributed by atoms with Gasteiger partial charge in [-0.1, -0.05) is 12.1 Å². The minimum Gasteiger partial charge on any atom is -0.493 e. The van der Waals surface area contributed by atoms with Gasteiger partial charge in [0.2, 0.25) is 0 Å². The summed E-state index contributed by atoms with van der Waals surface area (Å²) in [4.78, 5) is 20.1. The van der Waals surface area contributed by atoms with Crippen molar-refractivity contribution >= 4 is 11.7 Å². The average molecular weight is 339 g/mol. The first-order valence-corrected chi connectivity index (χ1v) is 7.52. The lowest BCUT2D eigenvalue weighted by Gasteiger charge is -2.14. The summed E-state index contributed by atoms with van der Waals surface area (Å²) in [6.07, 6.45) is 5.99. The van der Waals surface area contributed by atoms with Crippen LogP contribution in [0.15, 0.2) is 49.1 Å². The van der Waals surface area contributed by atoms with Gasteiger partial charge in [-0.25, -0.2) is 9.67 Å². The van der Waals surface area contributed by atoms with E-state index in [4.69, 9.17) is 9.47 Å². The Hall–Kier alpha value is -3.42. The molecule has 1 amide bonds. The van der Waals surface area contributed by atoms with Crippen molar-refractivity contribution in [3.63, 3.8) is 0 Å². The summed E-state index contributed by atoms with van der Waals surface area (Å²) in [5, 5.41) is 7.04. The third-order valence-corrected chi connectivity index (χ3v) is 3.56. The number of benzene rings is 1. The van der Waals surface area contributed by atoms with Gasteiger partial charge in [-0.15, -0.1) is 0 Å². The lowest BCUT2D eigenvalue weighted by Crippen LogP contribution is -2.17. The predicted octanol–water partition coefficient (Wildman–Crippen LogP) is 1.99. The minimum atomic E-state index is -0.354. The van der Waals surface area contributed by atoms with E-state index >= 15 is 0 Å². The molecule has 1 aromatic carbocycles. The number of hydrogen-bond acceptors (Lipinski definition) is 6. The van der Waals surface area contributed by atoms with Crippen LogP contribution in [0.2, 0.25) is 0 Å². The fourth-order valence-corrected chi connectivity index (χ4v) is 2.40. The summed E-state index contributed by atoms with van der Waals surface area (Å²) in [6.45, 7) is 0.406. The second-order valence-corrected chi connectivity index (χ2v) is 5.07. The van der Waals surface area contributed by atoms with Gasteiger partial charge in [0.1, 0.15) is 11.5 Å². The van der Waals surface area contributed by atoms with E-state index in [-0.39, 0.29) is 11.6 Å². The molecule has 0 unspecified atom stereocenters. The second kappa shape index (κ2) is 7.43. The van der Waals surface area contributed by atoms with Crippen molar-refractivity contribution in [2.45, 2.75) is 6.54 Å². The summed E-state index contributed by atoms with van der Waals surface area (Å²) < 4.78 is 12.4. The Kier molecular flexibility index (Phi) is 4.89. The summed E-state index contributed by atoms with van der Waals surface area (Å²) in [5.74, 6) is 1.46. The third-order valence-electron chi connectivity index (χ3n) is 3.56. The first-order valence-electron chi connectivity index (χ1n) is 7.52. The molecule has 8 nitrogen and oxygen atoms in total. The van der Waals surface area contributed by atoms with Crippen molar-refractivity contribution in [1.29, 1.82) is 0 Å². The van der Waals surface area contributed by atoms with E-state index < -0.39 is 0 Å². The van der Waals surface area contributed by atoms with Crippen molar-refractivity contribution in [2.24, 2.45) is 0 Å². The van der Waals surface area contributed by atoms with Crippen molar-refractivity contribution in [2.75, 3.05) is 19.5 Å². The number of rotatable bonds is 6. The highest BCUT2D eigenvalue weighted by atomic mass is 16.5. The van der Waals surface area contributed by atoms with Crippen LogP contribution in [-0.2, 0) is 6.54 Å². The van der Waals surface area contributed by atoms with Crippen molar-refractivity contribution in [1.82, 2.24) is 19.7 Å². The zero-order valence-electron chi connectivity index (χ0n) is 13.8. The summed E-state index contributed by atoms with van der Waals surface area (Å²) >= 11 is 0. The number of methoxy groups -OCH3 is 2. The van der Waals surface area contributed by atoms with Gasteiger partial charge < -0.3 is 14.8 Å². The fourth-order valence-electron chi connectivity index (χ4n) is 2.40. The highest BCUT2D eigenvalue weighted by Gasteiger charge is 2.14. The molecule has 0 atom stereocenters. The SMILES string of the molecule is COc1cccc(Cn2nccc2NC(=O)c2cnccn2)c1OC. The molecule has 0 bridgehead atoms. The third kappa shape index (κ3) is 3.57. The number of ether oxygens (including phenoxy) is 2. The molecule has 8 heteroatoms. The maximum atomic E-state index is 12.2. The van der Waals surface area contributed by atoms with Crippen LogP contribution in [0, 0.1) is 0 Å². The van der Waals surface area contributed by atoms with Gasteiger partial charge in [0, 0.05) is 24.0 Å². The second-order valence-electron chi connectivity index (χ2n) is 5.07. The van der Waals surface area contributed by atoms with E-state index in [9.17, 15) is 4.79 Å². The Bertz CT molecular complexity index is 864. The number of para-hydroxylation sites is 1. The number of hydrogen-bond donors (Lipinski definition) is 1. The number of nitrogens with one attached hydrogen (secondary N) is 1. The number of amides is 1. The molecule has 0 aliphatic carbocycles. The molecule has 25 heavy (non-hydrogen) atoms. The topological polar surface area (TPSA) is 91.2 Å². The molecule has 128 valence electrons. The molecule has 0 radical (unpaired) electrons. The van der Waals surface area contributed by atoms with E-state index in [0.29, 0.717) is 23.9 Å². The summed E-state index contributed by atoms with van der Waals surface area (Å²) in [6, 6.07) is 7.32. The summed E-state index contributed by atoms with van der Waals surface area (Å²) in [7, 11) is 3.17. The molecule has 3 aromatic rings. The van der Waals surface area contributed by atoms with Gasteiger partial charge in [0.05, 0.1) is 33.2 Å². The molecular formula is C17H17N5O3. The summed E-state index contributed by atoms with van der Waals surface area (Å²) in [5.41, 5.74) is 1.11. The molecule has 0 aliphatic rings. The van der Waals surface area contributed by atoms with E-state index in [1.165, 1.54) is 18.6 Å². The lowest BCUT2D eigenvalue weighted by molar-refractivity contribution is 0.102. The molecule has 0 spiro atoms. The highest BCUT2D eigenvalue weighted by Crippen LogP contribution is 2.31. The van der Waals surface area contributed by atoms with E-state index in [1.54, 1.807) is 31.2 Å². The molecular weight excluding hydrogens is 322 g/mol. The van der Waals surface area contributed by atoms with Crippen molar-refractivity contribution < 1.29 is 14.3 Å². The normalized spacial score (nSPS) is 10.3. The van der Waals surface area contributed by atoms with Gasteiger partial charge in [-0.3, -0.25) is 9.78 Å². The number of nitrogens with zero attached hydrogens (tertiary/aromatic N) is 4. The Labute approximate surface area is 144 Å². The van der Waals surface area contributed by atoms with E-state index in [1.807, 2.05) is 18.2 Å². The van der Waals surface area contributed by atoms with Gasteiger partial charge in [0.25, 0.3) is 5.91 Å². The molecule has 0 aliphatic heterocycles. The van der Waals surface area contributed by atoms with Crippen LogP contribution in [0.3, 0.4) is 0 Å². The van der Waals surface area contributed by atoms with Gasteiger partial charge in [-0.2, -0.15) is 5.10 Å². The van der Waals surface area contributed by atoms with Gasteiger partial charge >= 0.3 is 0 Å². The van der Waals surface area contributed by atoms with Gasteiger partial charge in [0.15, 0.2) is 11.5 Å². The molecule has 0 fully saturated rings. The van der Waals surface area contributed by atoms with E-state index in [2.05, 4.69) is 20.4 Å². The molecule has 3 rings (SSSR count). The van der Waals surface area contributed by atoms with Crippen LogP contribution in [0.5, 0.6) is 11.5 Å². The predicted molar refractivity (Wildman–Crippen MR) is 90.9 cm³/mol. The first kappa shape index (κ1) is 16.4. The van der Waals surface area contributed by atoms with Crippen molar-refractivity contribution in [3.8, 4) is 11.5 Å². The Morgan fingerprint density at radius 3 is 2.76 bits per heavy atom. The Morgan fingerprint density at radius 2 is 2.04 bits per heavy atom. The first-order chi connectivity index (χ1) is 12.2. The smallest absolute Gasteiger partial charge is 0.277 e. The van der Waals surface area contributed by atoms with Crippen LogP contribution in [-0.4, -0.2) is 39.9 Å². The van der Waals surface area contributed by atoms with Crippen LogP contribution < -0.4 is 14.8 Å².